The van der Waals surface area contributed by atoms with Gasteiger partial charge in [0.05, 0.1) is 0 Å². The van der Waals surface area contributed by atoms with Crippen LogP contribution < -0.4 is 15.7 Å². The Morgan fingerprint density at radius 3 is 1.06 bits per heavy atom. The van der Waals surface area contributed by atoms with Crippen LogP contribution in [0.5, 0.6) is 0 Å². The summed E-state index contributed by atoms with van der Waals surface area (Å²) in [5.41, 5.74) is 24.4. The van der Waals surface area contributed by atoms with Crippen molar-refractivity contribution in [2.24, 2.45) is 0 Å². The molecule has 6 heteroatoms. The Balaban J connectivity index is 0.863. The Morgan fingerprint density at radius 1 is 0.256 bits per heavy atom. The van der Waals surface area contributed by atoms with Crippen LogP contribution in [-0.4, -0.2) is 6.85 Å². The van der Waals surface area contributed by atoms with Gasteiger partial charge in [-0.2, -0.15) is 0 Å². The topological polar surface area (TPSA) is 42.7 Å². The first kappa shape index (κ1) is 42.4. The minimum atomic E-state index is -0.113. The average molecular weight is 1010 g/mol. The van der Waals surface area contributed by atoms with E-state index in [0.29, 0.717) is 0 Å². The molecular weight excluding hydrogens is 970 g/mol. The number of para-hydroxylation sites is 3. The Hall–Kier alpha value is -9.88. The number of benzene rings is 12. The molecular formula is C72H40BNO3S. The standard InChI is InChI=1S/C72H40BNO3S/c1-5-13-65-49(9-1)57-37-45(21-29-68(57)75-65)41-17-25-61-53(33-41)55-35-43(47-23-31-70-59(39-47)51-11-3-7-15-67(51)77-70)19-27-63(55)74-64-28-20-44(48-24-32-72-60(40-48)52-12-4-8-16-71(52)78-72)36-56(64)54-34-42(18-26-62(54)73(61)74)46-22-30-69-58(38-46)50-10-2-6-14-66(50)76-69/h1-40H. The molecule has 12 aromatic carbocycles. The summed E-state index contributed by atoms with van der Waals surface area (Å²) < 4.78 is 21.6. The molecule has 0 bridgehead atoms. The quantitative estimate of drug-likeness (QED) is 0.165. The molecule has 0 fully saturated rings. The monoisotopic (exact) mass is 1010 g/mol. The van der Waals surface area contributed by atoms with E-state index >= 15 is 0 Å². The van der Waals surface area contributed by atoms with Gasteiger partial charge in [-0.15, -0.1) is 11.3 Å². The lowest BCUT2D eigenvalue weighted by molar-refractivity contribution is 0.668. The third-order valence-corrected chi connectivity index (χ3v) is 18.0. The molecule has 0 amide bonds. The van der Waals surface area contributed by atoms with Gasteiger partial charge in [-0.3, -0.25) is 0 Å². The maximum Gasteiger partial charge on any atom is 0.329 e. The third-order valence-electron chi connectivity index (χ3n) is 16.9. The fraction of sp³-hybridized carbons (Fsp3) is 0. The van der Waals surface area contributed by atoms with Gasteiger partial charge in [-0.25, -0.2) is 0 Å². The molecule has 0 spiro atoms. The van der Waals surface area contributed by atoms with Crippen molar-refractivity contribution in [1.82, 2.24) is 0 Å². The van der Waals surface area contributed by atoms with E-state index in [1.807, 2.05) is 29.5 Å². The summed E-state index contributed by atoms with van der Waals surface area (Å²) in [5.74, 6) is 0. The summed E-state index contributed by atoms with van der Waals surface area (Å²) in [7, 11) is 0. The highest BCUT2D eigenvalue weighted by atomic mass is 32.1. The van der Waals surface area contributed by atoms with E-state index in [1.165, 1.54) is 75.9 Å². The van der Waals surface area contributed by atoms with Crippen molar-refractivity contribution >= 4 is 126 Å². The van der Waals surface area contributed by atoms with E-state index in [9.17, 15) is 0 Å². The molecule has 0 unspecified atom stereocenters. The second-order valence-corrected chi connectivity index (χ2v) is 22.2. The largest absolute Gasteiger partial charge is 0.456 e. The predicted octanol–water partition coefficient (Wildman–Crippen LogP) is 19.3. The molecule has 360 valence electrons. The van der Waals surface area contributed by atoms with Crippen LogP contribution in [0.25, 0.3) is 153 Å². The molecule has 4 nitrogen and oxygen atoms in total. The van der Waals surface area contributed by atoms with Gasteiger partial charge < -0.3 is 18.1 Å². The van der Waals surface area contributed by atoms with Gasteiger partial charge in [0, 0.05) is 75.0 Å². The Bertz CT molecular complexity index is 4610. The van der Waals surface area contributed by atoms with E-state index in [4.69, 9.17) is 13.3 Å². The minimum Gasteiger partial charge on any atom is -0.456 e. The normalized spacial score (nSPS) is 12.8. The smallest absolute Gasteiger partial charge is 0.329 e. The summed E-state index contributed by atoms with van der Waals surface area (Å²) in [6, 6.07) is 89.3. The molecule has 4 aromatic heterocycles. The lowest BCUT2D eigenvalue weighted by atomic mass is 9.43. The summed E-state index contributed by atoms with van der Waals surface area (Å²) in [5, 5.41) is 9.33. The lowest BCUT2D eigenvalue weighted by Crippen LogP contribution is -2.59. The van der Waals surface area contributed by atoms with Crippen molar-refractivity contribution in [3.63, 3.8) is 0 Å². The number of thiophene rings is 1. The molecule has 16 aromatic rings. The number of fused-ring (bicyclic) bond motifs is 23. The van der Waals surface area contributed by atoms with Crippen LogP contribution in [0.1, 0.15) is 0 Å². The van der Waals surface area contributed by atoms with Gasteiger partial charge in [0.1, 0.15) is 33.5 Å². The van der Waals surface area contributed by atoms with Gasteiger partial charge in [-0.05, 0) is 176 Å². The van der Waals surface area contributed by atoms with Crippen LogP contribution in [0.2, 0.25) is 0 Å². The van der Waals surface area contributed by atoms with Crippen molar-refractivity contribution in [2.45, 2.75) is 0 Å². The fourth-order valence-electron chi connectivity index (χ4n) is 13.2. The summed E-state index contributed by atoms with van der Waals surface area (Å²) in [6.45, 7) is -0.113. The molecule has 0 N–H and O–H groups in total. The number of rotatable bonds is 4. The second-order valence-electron chi connectivity index (χ2n) is 21.1. The molecule has 0 aliphatic carbocycles. The van der Waals surface area contributed by atoms with Crippen LogP contribution in [0.15, 0.2) is 256 Å². The zero-order valence-electron chi connectivity index (χ0n) is 41.8. The van der Waals surface area contributed by atoms with Crippen LogP contribution >= 0.6 is 11.3 Å². The number of hydrogen-bond donors (Lipinski definition) is 0. The molecule has 0 saturated heterocycles. The SMILES string of the molecule is c1ccc2c(c1)oc1ccc(-c3ccc4c(c3)-c3cc(-c5ccc6oc7ccccc7c6c5)ccc3N3B4c4ccc(-c5ccc6oc7ccccc7c6c5)cc4-c4cc(-c5ccc6sc7ccccc7c6c5)ccc43)cc12. The van der Waals surface area contributed by atoms with E-state index in [-0.39, 0.29) is 6.85 Å². The van der Waals surface area contributed by atoms with Gasteiger partial charge in [-0.1, -0.05) is 133 Å². The molecule has 18 rings (SSSR count). The third kappa shape index (κ3) is 6.12. The highest BCUT2D eigenvalue weighted by Crippen LogP contribution is 2.50. The van der Waals surface area contributed by atoms with Gasteiger partial charge in [0.15, 0.2) is 0 Å². The van der Waals surface area contributed by atoms with Gasteiger partial charge in [0.2, 0.25) is 0 Å². The van der Waals surface area contributed by atoms with E-state index in [2.05, 4.69) is 229 Å². The van der Waals surface area contributed by atoms with Crippen LogP contribution in [-0.2, 0) is 0 Å². The first-order chi connectivity index (χ1) is 38.6. The Kier molecular flexibility index (Phi) is 8.60. The Morgan fingerprint density at radius 2 is 0.590 bits per heavy atom. The van der Waals surface area contributed by atoms with Gasteiger partial charge in [0.25, 0.3) is 0 Å². The fourth-order valence-corrected chi connectivity index (χ4v) is 14.3. The van der Waals surface area contributed by atoms with Crippen molar-refractivity contribution in [2.75, 3.05) is 4.81 Å². The number of nitrogens with zero attached hydrogens (tertiary/aromatic N) is 1. The lowest BCUT2D eigenvalue weighted by Gasteiger charge is -2.44. The first-order valence-electron chi connectivity index (χ1n) is 26.6. The zero-order chi connectivity index (χ0) is 50.7. The van der Waals surface area contributed by atoms with Crippen molar-refractivity contribution in [3.8, 4) is 66.8 Å². The highest BCUT2D eigenvalue weighted by molar-refractivity contribution is 7.25. The number of anilines is 2. The summed E-state index contributed by atoms with van der Waals surface area (Å²) >= 11 is 1.86. The van der Waals surface area contributed by atoms with Crippen molar-refractivity contribution in [3.05, 3.63) is 243 Å². The van der Waals surface area contributed by atoms with E-state index in [1.54, 1.807) is 0 Å². The maximum atomic E-state index is 6.32. The molecule has 6 heterocycles. The average Bonchev–Trinajstić information content (AvgIpc) is 4.37. The van der Waals surface area contributed by atoms with E-state index < -0.39 is 0 Å². The van der Waals surface area contributed by atoms with Crippen LogP contribution in [0.3, 0.4) is 0 Å². The second kappa shape index (κ2) is 15.8. The first-order valence-corrected chi connectivity index (χ1v) is 27.4. The highest BCUT2D eigenvalue weighted by Gasteiger charge is 2.43. The van der Waals surface area contributed by atoms with E-state index in [0.717, 1.165) is 99.2 Å². The zero-order valence-corrected chi connectivity index (χ0v) is 42.6. The Labute approximate surface area is 451 Å². The molecule has 0 radical (unpaired) electrons. The molecule has 2 aliphatic rings. The van der Waals surface area contributed by atoms with Crippen molar-refractivity contribution < 1.29 is 13.3 Å². The van der Waals surface area contributed by atoms with Crippen molar-refractivity contribution in [1.29, 1.82) is 0 Å². The van der Waals surface area contributed by atoms with Gasteiger partial charge >= 0.3 is 6.85 Å². The van der Waals surface area contributed by atoms with Crippen LogP contribution in [0.4, 0.5) is 11.4 Å². The summed E-state index contributed by atoms with van der Waals surface area (Å²) in [6.07, 6.45) is 0. The van der Waals surface area contributed by atoms with Crippen LogP contribution in [0, 0.1) is 0 Å². The molecule has 0 atom stereocenters. The number of hydrogen-bond acceptors (Lipinski definition) is 5. The molecule has 0 saturated carbocycles. The number of furan rings is 3. The predicted molar refractivity (Wildman–Crippen MR) is 327 cm³/mol. The maximum absolute atomic E-state index is 6.32. The molecule has 2 aliphatic heterocycles. The summed E-state index contributed by atoms with van der Waals surface area (Å²) in [4.78, 5) is 2.62. The molecule has 78 heavy (non-hydrogen) atoms. The minimum absolute atomic E-state index is 0.113.